The lowest BCUT2D eigenvalue weighted by Crippen LogP contribution is -2.37. The van der Waals surface area contributed by atoms with E-state index in [9.17, 15) is 14.4 Å². The highest BCUT2D eigenvalue weighted by atomic mass is 16.5. The molecule has 0 saturated heterocycles. The maximum Gasteiger partial charge on any atom is 0.338 e. The maximum absolute atomic E-state index is 12.2. The number of benzene rings is 1. The number of carbonyl (C=O) groups is 3. The topological polar surface area (TPSA) is 109 Å². The van der Waals surface area contributed by atoms with Crippen LogP contribution in [0, 0.1) is 17.2 Å². The molecule has 0 radical (unpaired) electrons. The van der Waals surface area contributed by atoms with E-state index in [1.54, 1.807) is 42.5 Å². The number of hydrogen-bond donors (Lipinski definition) is 1. The molecule has 2 amide bonds. The molecular weight excluding hydrogens is 384 g/mol. The highest BCUT2D eigenvalue weighted by molar-refractivity contribution is 6.19. The Hall–Kier alpha value is -3.92. The van der Waals surface area contributed by atoms with Gasteiger partial charge < -0.3 is 9.15 Å². The second kappa shape index (κ2) is 8.62. The van der Waals surface area contributed by atoms with Crippen LogP contribution in [0.4, 0.5) is 0 Å². The molecule has 2 aromatic rings. The van der Waals surface area contributed by atoms with Crippen LogP contribution >= 0.6 is 0 Å². The van der Waals surface area contributed by atoms with Crippen molar-refractivity contribution in [2.75, 3.05) is 6.61 Å². The van der Waals surface area contributed by atoms with E-state index in [0.29, 0.717) is 34.8 Å². The summed E-state index contributed by atoms with van der Waals surface area (Å²) in [5.74, 6) is -0.608. The molecule has 1 aliphatic rings. The largest absolute Gasteiger partial charge is 0.462 e. The van der Waals surface area contributed by atoms with Crippen molar-refractivity contribution >= 4 is 23.9 Å². The predicted octanol–water partition coefficient (Wildman–Crippen LogP) is 3.64. The number of furan rings is 1. The van der Waals surface area contributed by atoms with E-state index < -0.39 is 17.8 Å². The number of imide groups is 1. The Morgan fingerprint density at radius 3 is 2.70 bits per heavy atom. The highest BCUT2D eigenvalue weighted by Gasteiger charge is 2.27. The van der Waals surface area contributed by atoms with Crippen molar-refractivity contribution < 1.29 is 23.5 Å². The molecular formula is C23H20N2O5. The maximum atomic E-state index is 12.2. The van der Waals surface area contributed by atoms with E-state index in [1.165, 1.54) is 13.0 Å². The summed E-state index contributed by atoms with van der Waals surface area (Å²) >= 11 is 0. The summed E-state index contributed by atoms with van der Waals surface area (Å²) in [6, 6.07) is 12.0. The zero-order valence-electron chi connectivity index (χ0n) is 16.8. The monoisotopic (exact) mass is 404 g/mol. The molecule has 0 bridgehead atoms. The van der Waals surface area contributed by atoms with Crippen LogP contribution in [0.3, 0.4) is 0 Å². The molecule has 0 saturated carbocycles. The van der Waals surface area contributed by atoms with Crippen LogP contribution in [-0.2, 0) is 14.3 Å². The van der Waals surface area contributed by atoms with Crippen molar-refractivity contribution in [2.45, 2.75) is 20.8 Å². The number of nitrogens with zero attached hydrogens (tertiary/aromatic N) is 1. The molecule has 30 heavy (non-hydrogen) atoms. The molecule has 0 atom stereocenters. The first-order valence-electron chi connectivity index (χ1n) is 9.36. The SMILES string of the molecule is CC1=C(C#N)C(=O)NC(=O)/C1=C\c1ccc(-c2cccc(C(=O)OCC(C)C)c2)o1. The van der Waals surface area contributed by atoms with Crippen molar-refractivity contribution in [3.05, 3.63) is 64.4 Å². The second-order valence-corrected chi connectivity index (χ2v) is 7.23. The number of nitrogens with one attached hydrogen (secondary N) is 1. The first kappa shape index (κ1) is 20.8. The Morgan fingerprint density at radius 2 is 2.00 bits per heavy atom. The molecule has 3 rings (SSSR count). The summed E-state index contributed by atoms with van der Waals surface area (Å²) in [4.78, 5) is 36.0. The Balaban J connectivity index is 1.88. The molecule has 0 spiro atoms. The molecule has 7 heteroatoms. The van der Waals surface area contributed by atoms with Gasteiger partial charge in [0.25, 0.3) is 11.8 Å². The van der Waals surface area contributed by atoms with Gasteiger partial charge in [-0.2, -0.15) is 5.26 Å². The first-order chi connectivity index (χ1) is 14.3. The van der Waals surface area contributed by atoms with Crippen molar-refractivity contribution in [3.8, 4) is 17.4 Å². The molecule has 1 N–H and O–H groups in total. The van der Waals surface area contributed by atoms with E-state index in [4.69, 9.17) is 14.4 Å². The lowest BCUT2D eigenvalue weighted by molar-refractivity contribution is -0.126. The van der Waals surface area contributed by atoms with E-state index >= 15 is 0 Å². The average molecular weight is 404 g/mol. The Bertz CT molecular complexity index is 1130. The average Bonchev–Trinajstić information content (AvgIpc) is 3.18. The minimum absolute atomic E-state index is 0.111. The third-order valence-corrected chi connectivity index (χ3v) is 4.43. The van der Waals surface area contributed by atoms with Crippen molar-refractivity contribution in [3.63, 3.8) is 0 Å². The Labute approximate surface area is 173 Å². The summed E-state index contributed by atoms with van der Waals surface area (Å²) in [6.45, 7) is 5.80. The van der Waals surface area contributed by atoms with Gasteiger partial charge in [0.2, 0.25) is 0 Å². The number of ether oxygens (including phenoxy) is 1. The number of amides is 2. The molecule has 1 aromatic carbocycles. The minimum atomic E-state index is -0.710. The van der Waals surface area contributed by atoms with Crippen molar-refractivity contribution in [2.24, 2.45) is 5.92 Å². The van der Waals surface area contributed by atoms with Gasteiger partial charge in [-0.05, 0) is 48.8 Å². The number of rotatable bonds is 5. The number of carbonyl (C=O) groups excluding carboxylic acids is 3. The minimum Gasteiger partial charge on any atom is -0.462 e. The van der Waals surface area contributed by atoms with Gasteiger partial charge in [0.05, 0.1) is 12.2 Å². The Morgan fingerprint density at radius 1 is 1.23 bits per heavy atom. The smallest absolute Gasteiger partial charge is 0.338 e. The van der Waals surface area contributed by atoms with E-state index in [1.807, 2.05) is 13.8 Å². The number of hydrogen-bond acceptors (Lipinski definition) is 6. The summed E-state index contributed by atoms with van der Waals surface area (Å²) in [5, 5.41) is 11.3. The molecule has 152 valence electrons. The van der Waals surface area contributed by atoms with Crippen LogP contribution in [0.25, 0.3) is 17.4 Å². The summed E-state index contributed by atoms with van der Waals surface area (Å²) in [6.07, 6.45) is 1.47. The van der Waals surface area contributed by atoms with Gasteiger partial charge in [-0.1, -0.05) is 26.0 Å². The van der Waals surface area contributed by atoms with Crippen LogP contribution in [0.15, 0.2) is 57.5 Å². The number of esters is 1. The molecule has 0 fully saturated rings. The fourth-order valence-electron chi connectivity index (χ4n) is 2.87. The third kappa shape index (κ3) is 4.39. The number of nitriles is 1. The third-order valence-electron chi connectivity index (χ3n) is 4.43. The van der Waals surface area contributed by atoms with E-state index in [2.05, 4.69) is 5.32 Å². The highest BCUT2D eigenvalue weighted by Crippen LogP contribution is 2.27. The van der Waals surface area contributed by atoms with Gasteiger partial charge in [-0.15, -0.1) is 0 Å². The van der Waals surface area contributed by atoms with Crippen LogP contribution in [-0.4, -0.2) is 24.4 Å². The first-order valence-corrected chi connectivity index (χ1v) is 9.36. The second-order valence-electron chi connectivity index (χ2n) is 7.23. The lowest BCUT2D eigenvalue weighted by atomic mass is 9.96. The standard InChI is InChI=1S/C23H20N2O5/c1-13(2)12-29-23(28)16-6-4-5-15(9-16)20-8-7-17(30-20)10-18-14(3)19(11-24)22(27)25-21(18)26/h4-10,13H,12H2,1-3H3,(H,25,26,27)/b18-10-. The summed E-state index contributed by atoms with van der Waals surface area (Å²) in [5.41, 5.74) is 1.44. The van der Waals surface area contributed by atoms with Crippen LogP contribution in [0.2, 0.25) is 0 Å². The van der Waals surface area contributed by atoms with Gasteiger partial charge in [-0.25, -0.2) is 4.79 Å². The van der Waals surface area contributed by atoms with Crippen molar-refractivity contribution in [1.82, 2.24) is 5.32 Å². The fraction of sp³-hybridized carbons (Fsp3) is 0.217. The predicted molar refractivity (Wildman–Crippen MR) is 109 cm³/mol. The molecule has 0 aliphatic carbocycles. The fourth-order valence-corrected chi connectivity index (χ4v) is 2.87. The quantitative estimate of drug-likeness (QED) is 0.463. The van der Waals surface area contributed by atoms with Crippen molar-refractivity contribution in [1.29, 1.82) is 5.26 Å². The summed E-state index contributed by atoms with van der Waals surface area (Å²) in [7, 11) is 0. The molecule has 1 aliphatic heterocycles. The van der Waals surface area contributed by atoms with Crippen LogP contribution in [0.1, 0.15) is 36.9 Å². The van der Waals surface area contributed by atoms with Gasteiger partial charge >= 0.3 is 5.97 Å². The van der Waals surface area contributed by atoms with Gasteiger partial charge in [-0.3, -0.25) is 14.9 Å². The lowest BCUT2D eigenvalue weighted by Gasteiger charge is -2.15. The van der Waals surface area contributed by atoms with Gasteiger partial charge in [0.1, 0.15) is 23.2 Å². The van der Waals surface area contributed by atoms with E-state index in [0.717, 1.165) is 0 Å². The zero-order chi connectivity index (χ0) is 21.8. The molecule has 2 heterocycles. The van der Waals surface area contributed by atoms with Gasteiger partial charge in [0.15, 0.2) is 0 Å². The van der Waals surface area contributed by atoms with E-state index in [-0.39, 0.29) is 17.1 Å². The summed E-state index contributed by atoms with van der Waals surface area (Å²) < 4.78 is 11.1. The molecule has 7 nitrogen and oxygen atoms in total. The molecule has 0 unspecified atom stereocenters. The van der Waals surface area contributed by atoms with Gasteiger partial charge in [0, 0.05) is 11.1 Å². The molecule has 1 aromatic heterocycles. The normalized spacial score (nSPS) is 15.4. The zero-order valence-corrected chi connectivity index (χ0v) is 16.8. The Kier molecular flexibility index (Phi) is 5.98. The van der Waals surface area contributed by atoms with Crippen LogP contribution < -0.4 is 5.32 Å². The van der Waals surface area contributed by atoms with Crippen LogP contribution in [0.5, 0.6) is 0 Å².